The number of benzene rings is 1. The van der Waals surface area contributed by atoms with E-state index in [1.54, 1.807) is 0 Å². The fourth-order valence-electron chi connectivity index (χ4n) is 3.67. The highest BCUT2D eigenvalue weighted by atomic mass is 32.2. The van der Waals surface area contributed by atoms with Crippen LogP contribution in [0.5, 0.6) is 0 Å². The van der Waals surface area contributed by atoms with Crippen molar-refractivity contribution in [3.8, 4) is 0 Å². The van der Waals surface area contributed by atoms with Crippen molar-refractivity contribution in [3.05, 3.63) is 28.7 Å². The van der Waals surface area contributed by atoms with E-state index in [-0.39, 0.29) is 10.9 Å². The number of hydrogen-bond acceptors (Lipinski definition) is 4. The molecule has 0 spiro atoms. The van der Waals surface area contributed by atoms with Crippen molar-refractivity contribution in [2.45, 2.75) is 81.6 Å². The number of aromatic nitrogens is 1. The van der Waals surface area contributed by atoms with Gasteiger partial charge in [0.2, 0.25) is 10.0 Å². The van der Waals surface area contributed by atoms with E-state index in [2.05, 4.69) is 9.71 Å². The molecule has 0 aliphatic heterocycles. The molecule has 1 aromatic heterocycles. The van der Waals surface area contributed by atoms with Gasteiger partial charge in [-0.15, -0.1) is 0 Å². The number of rotatable bonds is 3. The summed E-state index contributed by atoms with van der Waals surface area (Å²) in [5.41, 5.74) is 0.761. The molecule has 0 saturated heterocycles. The molecule has 2 N–H and O–H groups in total. The summed E-state index contributed by atoms with van der Waals surface area (Å²) in [7, 11) is -3.62. The third-order valence-electron chi connectivity index (χ3n) is 5.13. The Labute approximate surface area is 154 Å². The molecule has 1 heterocycles. The van der Waals surface area contributed by atoms with Crippen LogP contribution in [0.3, 0.4) is 0 Å². The second-order valence-electron chi connectivity index (χ2n) is 7.25. The first kappa shape index (κ1) is 19.2. The third kappa shape index (κ3) is 5.20. The monoisotopic (exact) mass is 380 g/mol. The van der Waals surface area contributed by atoms with Gasteiger partial charge in [-0.3, -0.25) is 4.98 Å². The van der Waals surface area contributed by atoms with E-state index in [1.165, 1.54) is 63.1 Å². The minimum Gasteiger partial charge on any atom is -0.408 e. The van der Waals surface area contributed by atoms with Crippen LogP contribution < -0.4 is 10.5 Å². The van der Waals surface area contributed by atoms with Crippen LogP contribution in [-0.4, -0.2) is 19.4 Å². The van der Waals surface area contributed by atoms with E-state index in [1.807, 2.05) is 0 Å². The maximum atomic E-state index is 12.8. The zero-order valence-corrected chi connectivity index (χ0v) is 15.9. The Bertz CT molecular complexity index is 857. The van der Waals surface area contributed by atoms with Crippen LogP contribution in [0.15, 0.2) is 32.3 Å². The summed E-state index contributed by atoms with van der Waals surface area (Å²) in [6.07, 6.45) is 12.6. The van der Waals surface area contributed by atoms with Gasteiger partial charge >= 0.3 is 5.76 Å². The molecule has 1 aromatic carbocycles. The Kier molecular flexibility index (Phi) is 6.53. The van der Waals surface area contributed by atoms with Crippen LogP contribution in [0.25, 0.3) is 11.1 Å². The summed E-state index contributed by atoms with van der Waals surface area (Å²) in [6, 6.07) is 4.43. The summed E-state index contributed by atoms with van der Waals surface area (Å²) in [4.78, 5) is 13.9. The first-order valence-electron chi connectivity index (χ1n) is 9.70. The molecule has 6 nitrogen and oxygen atoms in total. The van der Waals surface area contributed by atoms with Crippen molar-refractivity contribution >= 4 is 21.1 Å². The molecular weight excluding hydrogens is 352 g/mol. The molecule has 2 aromatic rings. The Morgan fingerprint density at radius 3 is 2.12 bits per heavy atom. The Morgan fingerprint density at radius 2 is 1.50 bits per heavy atom. The van der Waals surface area contributed by atoms with Gasteiger partial charge < -0.3 is 4.42 Å². The number of nitrogens with one attached hydrogen (secondary N) is 2. The molecule has 1 fully saturated rings. The van der Waals surface area contributed by atoms with Crippen LogP contribution in [0.2, 0.25) is 0 Å². The van der Waals surface area contributed by atoms with Crippen molar-refractivity contribution < 1.29 is 12.8 Å². The summed E-state index contributed by atoms with van der Waals surface area (Å²) < 4.78 is 33.4. The second-order valence-corrected chi connectivity index (χ2v) is 8.96. The number of fused-ring (bicyclic) bond motifs is 1. The molecular formula is C19H28N2O4S. The van der Waals surface area contributed by atoms with Crippen molar-refractivity contribution in [1.29, 1.82) is 0 Å². The molecule has 0 radical (unpaired) electrons. The minimum atomic E-state index is -3.62. The Morgan fingerprint density at radius 1 is 0.923 bits per heavy atom. The highest BCUT2D eigenvalue weighted by Gasteiger charge is 2.21. The normalized spacial score (nSPS) is 19.1. The lowest BCUT2D eigenvalue weighted by molar-refractivity contribution is 0.440. The van der Waals surface area contributed by atoms with E-state index in [0.717, 1.165) is 25.7 Å². The van der Waals surface area contributed by atoms with Crippen molar-refractivity contribution in [1.82, 2.24) is 9.71 Å². The Balaban J connectivity index is 1.70. The van der Waals surface area contributed by atoms with Crippen LogP contribution >= 0.6 is 0 Å². The second kappa shape index (κ2) is 8.86. The minimum absolute atomic E-state index is 0.0291. The molecule has 1 aliphatic rings. The van der Waals surface area contributed by atoms with Crippen molar-refractivity contribution in [2.24, 2.45) is 0 Å². The van der Waals surface area contributed by atoms with Gasteiger partial charge in [-0.05, 0) is 31.0 Å². The highest BCUT2D eigenvalue weighted by molar-refractivity contribution is 7.89. The van der Waals surface area contributed by atoms with E-state index in [4.69, 9.17) is 4.42 Å². The summed E-state index contributed by atoms with van der Waals surface area (Å²) >= 11 is 0. The summed E-state index contributed by atoms with van der Waals surface area (Å²) in [5.74, 6) is -0.582. The molecule has 3 rings (SSSR count). The average molecular weight is 381 g/mol. The van der Waals surface area contributed by atoms with Gasteiger partial charge in [0.15, 0.2) is 5.58 Å². The first-order valence-corrected chi connectivity index (χ1v) is 11.2. The fourth-order valence-corrected chi connectivity index (χ4v) is 5.00. The fraction of sp³-hybridized carbons (Fsp3) is 0.632. The maximum absolute atomic E-state index is 12.8. The molecule has 7 heteroatoms. The molecule has 0 amide bonds. The average Bonchev–Trinajstić information content (AvgIpc) is 2.96. The zero-order chi connectivity index (χ0) is 18.4. The predicted molar refractivity (Wildman–Crippen MR) is 102 cm³/mol. The standard InChI is InChI=1S/C19H28N2O4S/c22-19-20-17-14-16(12-13-18(17)25-19)26(23,24)21-15-10-8-6-4-2-1-3-5-7-9-11-15/h12-15,21H,1-11H2,(H,20,22). The molecule has 144 valence electrons. The number of H-pyrrole nitrogens is 1. The zero-order valence-electron chi connectivity index (χ0n) is 15.1. The van der Waals surface area contributed by atoms with Gasteiger partial charge in [-0.1, -0.05) is 57.8 Å². The van der Waals surface area contributed by atoms with Crippen LogP contribution in [0.4, 0.5) is 0 Å². The van der Waals surface area contributed by atoms with E-state index < -0.39 is 15.8 Å². The number of oxazole rings is 1. The predicted octanol–water partition coefficient (Wildman–Crippen LogP) is 4.07. The van der Waals surface area contributed by atoms with Gasteiger partial charge in [0.25, 0.3) is 0 Å². The van der Waals surface area contributed by atoms with E-state index in [0.29, 0.717) is 11.1 Å². The maximum Gasteiger partial charge on any atom is 0.417 e. The SMILES string of the molecule is O=c1[nH]c2cc(S(=O)(=O)NC3CCCCCCCCCCC3)ccc2o1. The molecule has 0 atom stereocenters. The summed E-state index contributed by atoms with van der Waals surface area (Å²) in [6.45, 7) is 0. The highest BCUT2D eigenvalue weighted by Crippen LogP contribution is 2.20. The number of sulfonamides is 1. The van der Waals surface area contributed by atoms with Crippen LogP contribution in [0, 0.1) is 0 Å². The van der Waals surface area contributed by atoms with E-state index >= 15 is 0 Å². The lowest BCUT2D eigenvalue weighted by Gasteiger charge is -2.19. The number of aromatic amines is 1. The van der Waals surface area contributed by atoms with Gasteiger partial charge in [0, 0.05) is 6.04 Å². The van der Waals surface area contributed by atoms with Gasteiger partial charge in [0.1, 0.15) is 0 Å². The lowest BCUT2D eigenvalue weighted by atomic mass is 9.98. The topological polar surface area (TPSA) is 92.2 Å². The largest absolute Gasteiger partial charge is 0.417 e. The third-order valence-corrected chi connectivity index (χ3v) is 6.65. The van der Waals surface area contributed by atoms with Gasteiger partial charge in [-0.2, -0.15) is 0 Å². The Hall–Kier alpha value is -1.60. The molecule has 1 saturated carbocycles. The smallest absolute Gasteiger partial charge is 0.408 e. The molecule has 26 heavy (non-hydrogen) atoms. The number of hydrogen-bond donors (Lipinski definition) is 2. The first-order chi connectivity index (χ1) is 12.5. The van der Waals surface area contributed by atoms with Crippen LogP contribution in [-0.2, 0) is 10.0 Å². The molecule has 1 aliphatic carbocycles. The van der Waals surface area contributed by atoms with E-state index in [9.17, 15) is 13.2 Å². The van der Waals surface area contributed by atoms with Gasteiger partial charge in [-0.25, -0.2) is 17.9 Å². The summed E-state index contributed by atoms with van der Waals surface area (Å²) in [5, 5.41) is 0. The molecule has 0 bridgehead atoms. The van der Waals surface area contributed by atoms with Gasteiger partial charge in [0.05, 0.1) is 10.4 Å². The van der Waals surface area contributed by atoms with Crippen LogP contribution in [0.1, 0.15) is 70.6 Å². The lowest BCUT2D eigenvalue weighted by Crippen LogP contribution is -2.35. The van der Waals surface area contributed by atoms with Crippen molar-refractivity contribution in [2.75, 3.05) is 0 Å². The quantitative estimate of drug-likeness (QED) is 0.839. The molecule has 0 unspecified atom stereocenters. The van der Waals surface area contributed by atoms with Crippen molar-refractivity contribution in [3.63, 3.8) is 0 Å².